The normalized spacial score (nSPS) is 13.5. The monoisotopic (exact) mass is 462 g/mol. The van der Waals surface area contributed by atoms with Gasteiger partial charge in [0.2, 0.25) is 23.6 Å². The van der Waals surface area contributed by atoms with E-state index in [0.29, 0.717) is 25.1 Å². The minimum atomic E-state index is -1.21. The van der Waals surface area contributed by atoms with E-state index in [2.05, 4.69) is 16.0 Å². The van der Waals surface area contributed by atoms with Crippen LogP contribution in [0.2, 0.25) is 0 Å². The number of nitrogens with two attached hydrogens (primary N) is 3. The number of thioether (sulfide) groups is 1. The highest BCUT2D eigenvalue weighted by molar-refractivity contribution is 7.98. The number of nitrogens with one attached hydrogen (secondary N) is 3. The van der Waals surface area contributed by atoms with Crippen LogP contribution < -0.4 is 33.2 Å². The molecule has 0 saturated carbocycles. The van der Waals surface area contributed by atoms with Crippen LogP contribution in [0.25, 0.3) is 0 Å². The molecular formula is C18H34N6O6S. The first-order chi connectivity index (χ1) is 14.7. The third-order valence-corrected chi connectivity index (χ3v) is 4.97. The van der Waals surface area contributed by atoms with Gasteiger partial charge in [0, 0.05) is 6.42 Å². The lowest BCUT2D eigenvalue weighted by Crippen LogP contribution is -2.56. The molecule has 0 rings (SSSR count). The highest BCUT2D eigenvalue weighted by atomic mass is 32.2. The molecule has 0 heterocycles. The molecule has 31 heavy (non-hydrogen) atoms. The summed E-state index contributed by atoms with van der Waals surface area (Å²) in [6, 6.07) is -3.31. The van der Waals surface area contributed by atoms with Crippen LogP contribution in [0.5, 0.6) is 0 Å². The number of unbranched alkanes of at least 4 members (excludes halogenated alkanes) is 1. The number of carboxylic acids is 1. The molecule has 3 unspecified atom stereocenters. The van der Waals surface area contributed by atoms with Gasteiger partial charge in [0.1, 0.15) is 18.1 Å². The molecule has 0 radical (unpaired) electrons. The Labute approximate surface area is 185 Å². The van der Waals surface area contributed by atoms with Crippen LogP contribution in [-0.2, 0) is 24.0 Å². The zero-order chi connectivity index (χ0) is 23.8. The number of carbonyl (C=O) groups excluding carboxylic acids is 4. The molecule has 0 aromatic rings. The Kier molecular flexibility index (Phi) is 15.1. The van der Waals surface area contributed by atoms with Crippen molar-refractivity contribution < 1.29 is 29.1 Å². The third kappa shape index (κ3) is 12.8. The Morgan fingerprint density at radius 3 is 1.94 bits per heavy atom. The zero-order valence-corrected chi connectivity index (χ0v) is 18.5. The number of carboxylic acid groups (broad SMARTS) is 1. The molecule has 0 aromatic carbocycles. The number of amides is 4. The van der Waals surface area contributed by atoms with E-state index in [1.807, 2.05) is 0 Å². The Bertz CT molecular complexity index is 620. The van der Waals surface area contributed by atoms with Crippen LogP contribution >= 0.6 is 11.8 Å². The fraction of sp³-hybridized carbons (Fsp3) is 0.722. The minimum Gasteiger partial charge on any atom is -0.480 e. The van der Waals surface area contributed by atoms with E-state index < -0.39 is 47.7 Å². The quantitative estimate of drug-likeness (QED) is 0.115. The molecule has 4 amide bonds. The summed E-state index contributed by atoms with van der Waals surface area (Å²) in [5, 5.41) is 16.7. The van der Waals surface area contributed by atoms with E-state index in [1.54, 1.807) is 6.26 Å². The predicted octanol–water partition coefficient (Wildman–Crippen LogP) is -2.37. The van der Waals surface area contributed by atoms with Crippen molar-refractivity contribution in [2.45, 2.75) is 56.7 Å². The number of primary amides is 1. The second-order valence-electron chi connectivity index (χ2n) is 6.86. The predicted molar refractivity (Wildman–Crippen MR) is 117 cm³/mol. The molecule has 3 atom stereocenters. The summed E-state index contributed by atoms with van der Waals surface area (Å²) in [4.78, 5) is 59.6. The fourth-order valence-electron chi connectivity index (χ4n) is 2.61. The molecule has 12 nitrogen and oxygen atoms in total. The molecule has 178 valence electrons. The average Bonchev–Trinajstić information content (AvgIpc) is 2.72. The summed E-state index contributed by atoms with van der Waals surface area (Å²) >= 11 is 1.42. The molecule has 0 aliphatic carbocycles. The van der Waals surface area contributed by atoms with Crippen LogP contribution in [-0.4, -0.2) is 77.9 Å². The van der Waals surface area contributed by atoms with Gasteiger partial charge in [-0.25, -0.2) is 4.79 Å². The van der Waals surface area contributed by atoms with Gasteiger partial charge in [0.05, 0.1) is 6.54 Å². The summed E-state index contributed by atoms with van der Waals surface area (Å²) in [5.41, 5.74) is 15.9. The molecule has 10 N–H and O–H groups in total. The summed E-state index contributed by atoms with van der Waals surface area (Å²) in [7, 11) is 0. The lowest BCUT2D eigenvalue weighted by Gasteiger charge is -2.24. The second-order valence-corrected chi connectivity index (χ2v) is 7.84. The SMILES string of the molecule is CSCCC(NC(=O)C(CCC(N)=O)NC(=O)C(CCCCN)NC(=O)CN)C(=O)O. The first-order valence-corrected chi connectivity index (χ1v) is 11.4. The Morgan fingerprint density at radius 2 is 1.45 bits per heavy atom. The number of hydrogen-bond acceptors (Lipinski definition) is 8. The van der Waals surface area contributed by atoms with Crippen LogP contribution in [0.15, 0.2) is 0 Å². The van der Waals surface area contributed by atoms with Gasteiger partial charge in [-0.3, -0.25) is 19.2 Å². The molecule has 0 aromatic heterocycles. The molecule has 0 saturated heterocycles. The molecule has 0 bridgehead atoms. The Hall–Kier alpha value is -2.38. The lowest BCUT2D eigenvalue weighted by atomic mass is 10.1. The van der Waals surface area contributed by atoms with Crippen molar-refractivity contribution >= 4 is 41.4 Å². The standard InChI is InChI=1S/C18H34N6O6S/c1-31-9-7-13(18(29)30)24-17(28)12(5-6-14(21)25)23-16(27)11(4-2-3-8-19)22-15(26)10-20/h11-13H,2-10,19-20H2,1H3,(H2,21,25)(H,22,26)(H,23,27)(H,24,28)(H,29,30). The van der Waals surface area contributed by atoms with E-state index in [4.69, 9.17) is 17.2 Å². The van der Waals surface area contributed by atoms with Gasteiger partial charge in [-0.05, 0) is 50.7 Å². The lowest BCUT2D eigenvalue weighted by molar-refractivity contribution is -0.142. The molecular weight excluding hydrogens is 428 g/mol. The molecule has 0 spiro atoms. The highest BCUT2D eigenvalue weighted by Gasteiger charge is 2.29. The van der Waals surface area contributed by atoms with E-state index in [1.165, 1.54) is 11.8 Å². The highest BCUT2D eigenvalue weighted by Crippen LogP contribution is 2.06. The van der Waals surface area contributed by atoms with Crippen molar-refractivity contribution in [3.63, 3.8) is 0 Å². The summed E-state index contributed by atoms with van der Waals surface area (Å²) in [6.07, 6.45) is 3.11. The number of hydrogen-bond donors (Lipinski definition) is 7. The Balaban J connectivity index is 5.34. The van der Waals surface area contributed by atoms with Crippen molar-refractivity contribution in [2.75, 3.05) is 25.1 Å². The van der Waals surface area contributed by atoms with Crippen molar-refractivity contribution in [3.05, 3.63) is 0 Å². The minimum absolute atomic E-state index is 0.123. The van der Waals surface area contributed by atoms with Crippen LogP contribution in [0.1, 0.15) is 38.5 Å². The topological polar surface area (TPSA) is 220 Å². The van der Waals surface area contributed by atoms with E-state index in [0.717, 1.165) is 0 Å². The summed E-state index contributed by atoms with van der Waals surface area (Å²) in [6.45, 7) is 0.0947. The van der Waals surface area contributed by atoms with Gasteiger partial charge in [-0.2, -0.15) is 11.8 Å². The number of carbonyl (C=O) groups is 5. The third-order valence-electron chi connectivity index (χ3n) is 4.32. The zero-order valence-electron chi connectivity index (χ0n) is 17.7. The van der Waals surface area contributed by atoms with Gasteiger partial charge in [-0.15, -0.1) is 0 Å². The van der Waals surface area contributed by atoms with E-state index in [9.17, 15) is 29.1 Å². The van der Waals surface area contributed by atoms with Crippen molar-refractivity contribution in [1.82, 2.24) is 16.0 Å². The largest absolute Gasteiger partial charge is 0.480 e. The van der Waals surface area contributed by atoms with Crippen molar-refractivity contribution in [1.29, 1.82) is 0 Å². The smallest absolute Gasteiger partial charge is 0.326 e. The number of aliphatic carboxylic acids is 1. The maximum absolute atomic E-state index is 12.7. The molecule has 13 heteroatoms. The van der Waals surface area contributed by atoms with Gasteiger partial charge < -0.3 is 38.3 Å². The molecule has 0 aliphatic rings. The molecule has 0 fully saturated rings. The van der Waals surface area contributed by atoms with Gasteiger partial charge in [0.25, 0.3) is 0 Å². The first kappa shape index (κ1) is 28.6. The van der Waals surface area contributed by atoms with Crippen LogP contribution in [0, 0.1) is 0 Å². The van der Waals surface area contributed by atoms with Gasteiger partial charge >= 0.3 is 5.97 Å². The second kappa shape index (κ2) is 16.3. The summed E-state index contributed by atoms with van der Waals surface area (Å²) < 4.78 is 0. The van der Waals surface area contributed by atoms with Gasteiger partial charge in [0.15, 0.2) is 0 Å². The molecule has 0 aliphatic heterocycles. The van der Waals surface area contributed by atoms with Crippen molar-refractivity contribution in [3.8, 4) is 0 Å². The average molecular weight is 463 g/mol. The van der Waals surface area contributed by atoms with E-state index in [-0.39, 0.29) is 32.2 Å². The number of rotatable bonds is 17. The van der Waals surface area contributed by atoms with Crippen LogP contribution in [0.3, 0.4) is 0 Å². The summed E-state index contributed by atoms with van der Waals surface area (Å²) in [5.74, 6) is -3.34. The maximum atomic E-state index is 12.7. The van der Waals surface area contributed by atoms with E-state index >= 15 is 0 Å². The van der Waals surface area contributed by atoms with Crippen LogP contribution in [0.4, 0.5) is 0 Å². The van der Waals surface area contributed by atoms with Gasteiger partial charge in [-0.1, -0.05) is 0 Å². The Morgan fingerprint density at radius 1 is 0.871 bits per heavy atom. The maximum Gasteiger partial charge on any atom is 0.326 e. The first-order valence-electron chi connectivity index (χ1n) is 9.96. The van der Waals surface area contributed by atoms with Crippen molar-refractivity contribution in [2.24, 2.45) is 17.2 Å². The fourth-order valence-corrected chi connectivity index (χ4v) is 3.08.